The summed E-state index contributed by atoms with van der Waals surface area (Å²) in [6.45, 7) is 1.83. The monoisotopic (exact) mass is 337 g/mol. The SMILES string of the molecule is CC(c1nc2ccccc2s1)N(C)S(=O)(=O)Cc1ccno1. The maximum absolute atomic E-state index is 12.4. The molecule has 0 saturated heterocycles. The standard InChI is InChI=1S/C14H15N3O3S2/c1-10(14-16-12-5-3-4-6-13(12)21-14)17(2)22(18,19)9-11-7-8-15-20-11/h3-8,10H,9H2,1-2H3. The van der Waals surface area contributed by atoms with Crippen molar-refractivity contribution in [2.75, 3.05) is 7.05 Å². The van der Waals surface area contributed by atoms with Gasteiger partial charge in [-0.3, -0.25) is 0 Å². The van der Waals surface area contributed by atoms with E-state index in [0.717, 1.165) is 15.2 Å². The molecule has 0 aliphatic carbocycles. The molecule has 3 aromatic rings. The molecule has 0 amide bonds. The van der Waals surface area contributed by atoms with E-state index in [0.29, 0.717) is 5.76 Å². The molecule has 8 heteroatoms. The molecule has 22 heavy (non-hydrogen) atoms. The Hall–Kier alpha value is -1.77. The number of nitrogens with zero attached hydrogens (tertiary/aromatic N) is 3. The van der Waals surface area contributed by atoms with Crippen LogP contribution >= 0.6 is 11.3 Å². The van der Waals surface area contributed by atoms with Crippen molar-refractivity contribution in [2.45, 2.75) is 18.7 Å². The molecule has 0 aliphatic rings. The van der Waals surface area contributed by atoms with Gasteiger partial charge in [0, 0.05) is 13.1 Å². The molecule has 0 fully saturated rings. The van der Waals surface area contributed by atoms with Crippen molar-refractivity contribution >= 4 is 31.6 Å². The number of sulfonamides is 1. The van der Waals surface area contributed by atoms with Crippen molar-refractivity contribution < 1.29 is 12.9 Å². The molecule has 0 radical (unpaired) electrons. The predicted molar refractivity (Wildman–Crippen MR) is 84.9 cm³/mol. The summed E-state index contributed by atoms with van der Waals surface area (Å²) in [4.78, 5) is 4.52. The summed E-state index contributed by atoms with van der Waals surface area (Å²) in [6.07, 6.45) is 1.43. The summed E-state index contributed by atoms with van der Waals surface area (Å²) >= 11 is 1.50. The lowest BCUT2D eigenvalue weighted by atomic mass is 10.3. The Bertz CT molecular complexity index is 839. The van der Waals surface area contributed by atoms with Crippen LogP contribution < -0.4 is 0 Å². The van der Waals surface area contributed by atoms with Crippen LogP contribution in [0.15, 0.2) is 41.1 Å². The number of benzene rings is 1. The predicted octanol–water partition coefficient (Wildman–Crippen LogP) is 2.81. The molecule has 116 valence electrons. The molecule has 1 atom stereocenters. The topological polar surface area (TPSA) is 76.3 Å². The summed E-state index contributed by atoms with van der Waals surface area (Å²) in [5, 5.41) is 4.30. The van der Waals surface area contributed by atoms with Gasteiger partial charge in [0.1, 0.15) is 10.8 Å². The lowest BCUT2D eigenvalue weighted by Crippen LogP contribution is -2.30. The molecule has 0 spiro atoms. The first-order valence-corrected chi connectivity index (χ1v) is 9.10. The Morgan fingerprint density at radius 1 is 1.32 bits per heavy atom. The van der Waals surface area contributed by atoms with Crippen molar-refractivity contribution in [1.29, 1.82) is 0 Å². The van der Waals surface area contributed by atoms with Crippen LogP contribution in [0.4, 0.5) is 0 Å². The largest absolute Gasteiger partial charge is 0.360 e. The van der Waals surface area contributed by atoms with Gasteiger partial charge in [-0.1, -0.05) is 17.3 Å². The molecular formula is C14H15N3O3S2. The summed E-state index contributed by atoms with van der Waals surface area (Å²) in [5.74, 6) is 0.113. The van der Waals surface area contributed by atoms with Gasteiger partial charge >= 0.3 is 0 Å². The second-order valence-electron chi connectivity index (χ2n) is 4.95. The molecule has 1 aromatic carbocycles. The highest BCUT2D eigenvalue weighted by Crippen LogP contribution is 2.30. The summed E-state index contributed by atoms with van der Waals surface area (Å²) in [7, 11) is -1.94. The van der Waals surface area contributed by atoms with E-state index in [9.17, 15) is 8.42 Å². The number of thiazole rings is 1. The summed E-state index contributed by atoms with van der Waals surface area (Å²) in [5.41, 5.74) is 0.885. The zero-order valence-electron chi connectivity index (χ0n) is 12.1. The second kappa shape index (κ2) is 5.79. The maximum atomic E-state index is 12.4. The minimum atomic E-state index is -3.50. The van der Waals surface area contributed by atoms with Gasteiger partial charge in [-0.2, -0.15) is 4.31 Å². The highest BCUT2D eigenvalue weighted by molar-refractivity contribution is 7.88. The van der Waals surface area contributed by atoms with E-state index < -0.39 is 10.0 Å². The van der Waals surface area contributed by atoms with Crippen LogP contribution in [0, 0.1) is 0 Å². The molecule has 1 unspecified atom stereocenters. The molecule has 6 nitrogen and oxygen atoms in total. The molecule has 0 saturated carbocycles. The van der Waals surface area contributed by atoms with Gasteiger partial charge in [0.2, 0.25) is 10.0 Å². The van der Waals surface area contributed by atoms with Gasteiger partial charge < -0.3 is 4.52 Å². The van der Waals surface area contributed by atoms with Crippen molar-refractivity contribution in [3.63, 3.8) is 0 Å². The van der Waals surface area contributed by atoms with Gasteiger partial charge in [-0.25, -0.2) is 13.4 Å². The number of aromatic nitrogens is 2. The van der Waals surface area contributed by atoms with Gasteiger partial charge in [0.25, 0.3) is 0 Å². The second-order valence-corrected chi connectivity index (χ2v) is 8.04. The normalized spacial score (nSPS) is 13.8. The number of hydrogen-bond donors (Lipinski definition) is 0. The summed E-state index contributed by atoms with van der Waals surface area (Å²) in [6, 6.07) is 8.97. The molecule has 2 heterocycles. The molecular weight excluding hydrogens is 322 g/mol. The van der Waals surface area contributed by atoms with Crippen molar-refractivity contribution in [2.24, 2.45) is 0 Å². The van der Waals surface area contributed by atoms with Crippen LogP contribution in [0.1, 0.15) is 23.7 Å². The maximum Gasteiger partial charge on any atom is 0.221 e. The van der Waals surface area contributed by atoms with E-state index in [4.69, 9.17) is 4.52 Å². The van der Waals surface area contributed by atoms with E-state index in [-0.39, 0.29) is 11.8 Å². The lowest BCUT2D eigenvalue weighted by molar-refractivity contribution is 0.375. The molecule has 0 aliphatic heterocycles. The fourth-order valence-corrected chi connectivity index (χ4v) is 4.49. The van der Waals surface area contributed by atoms with Crippen LogP contribution in [0.3, 0.4) is 0 Å². The summed E-state index contributed by atoms with van der Waals surface area (Å²) < 4.78 is 32.1. The first-order chi connectivity index (χ1) is 10.5. The first-order valence-electron chi connectivity index (χ1n) is 6.68. The molecule has 2 aromatic heterocycles. The minimum Gasteiger partial charge on any atom is -0.360 e. The average Bonchev–Trinajstić information content (AvgIpc) is 3.13. The quantitative estimate of drug-likeness (QED) is 0.715. The zero-order valence-corrected chi connectivity index (χ0v) is 13.8. The van der Waals surface area contributed by atoms with E-state index in [2.05, 4.69) is 10.1 Å². The van der Waals surface area contributed by atoms with Crippen molar-refractivity contribution in [3.8, 4) is 0 Å². The van der Waals surface area contributed by atoms with Gasteiger partial charge in [0.05, 0.1) is 22.5 Å². The van der Waals surface area contributed by atoms with E-state index >= 15 is 0 Å². The van der Waals surface area contributed by atoms with Crippen molar-refractivity contribution in [1.82, 2.24) is 14.4 Å². The number of para-hydroxylation sites is 1. The van der Waals surface area contributed by atoms with E-state index in [1.165, 1.54) is 21.8 Å². The number of rotatable bonds is 5. The Morgan fingerprint density at radius 2 is 2.09 bits per heavy atom. The molecule has 0 N–H and O–H groups in total. The number of hydrogen-bond acceptors (Lipinski definition) is 6. The van der Waals surface area contributed by atoms with Crippen molar-refractivity contribution in [3.05, 3.63) is 47.3 Å². The third-order valence-electron chi connectivity index (χ3n) is 3.47. The fourth-order valence-electron chi connectivity index (χ4n) is 2.06. The first kappa shape index (κ1) is 15.1. The van der Waals surface area contributed by atoms with Crippen LogP contribution in [-0.4, -0.2) is 29.9 Å². The average molecular weight is 337 g/mol. The van der Waals surface area contributed by atoms with Crippen LogP contribution in [0.5, 0.6) is 0 Å². The zero-order chi connectivity index (χ0) is 15.7. The smallest absolute Gasteiger partial charge is 0.221 e. The lowest BCUT2D eigenvalue weighted by Gasteiger charge is -2.21. The Labute approximate surface area is 132 Å². The van der Waals surface area contributed by atoms with Crippen LogP contribution in [0.25, 0.3) is 10.2 Å². The minimum absolute atomic E-state index is 0.210. The Kier molecular flexibility index (Phi) is 3.98. The molecule has 3 rings (SSSR count). The Balaban J connectivity index is 1.85. The third-order valence-corrected chi connectivity index (χ3v) is 6.52. The fraction of sp³-hybridized carbons (Fsp3) is 0.286. The van der Waals surface area contributed by atoms with Gasteiger partial charge in [-0.05, 0) is 19.1 Å². The van der Waals surface area contributed by atoms with E-state index in [1.807, 2.05) is 31.2 Å². The number of fused-ring (bicyclic) bond motifs is 1. The highest BCUT2D eigenvalue weighted by atomic mass is 32.2. The van der Waals surface area contributed by atoms with Gasteiger partial charge in [-0.15, -0.1) is 11.3 Å². The highest BCUT2D eigenvalue weighted by Gasteiger charge is 2.27. The van der Waals surface area contributed by atoms with E-state index in [1.54, 1.807) is 13.1 Å². The van der Waals surface area contributed by atoms with Gasteiger partial charge in [0.15, 0.2) is 5.76 Å². The third kappa shape index (κ3) is 2.90. The van der Waals surface area contributed by atoms with Crippen LogP contribution in [-0.2, 0) is 15.8 Å². The Morgan fingerprint density at radius 3 is 2.77 bits per heavy atom. The van der Waals surface area contributed by atoms with Crippen LogP contribution in [0.2, 0.25) is 0 Å². The molecule has 0 bridgehead atoms.